The summed E-state index contributed by atoms with van der Waals surface area (Å²) in [6, 6.07) is 7.33. The van der Waals surface area contributed by atoms with Crippen LogP contribution in [0.15, 0.2) is 29.3 Å². The Morgan fingerprint density at radius 3 is 2.62 bits per heavy atom. The van der Waals surface area contributed by atoms with Gasteiger partial charge in [0.2, 0.25) is 0 Å². The molecule has 0 amide bonds. The molecule has 0 fully saturated rings. The first-order valence-electron chi connectivity index (χ1n) is 7.10. The molecule has 1 rings (SSSR count). The van der Waals surface area contributed by atoms with Gasteiger partial charge in [0.25, 0.3) is 0 Å². The number of hydrogen-bond donors (Lipinski definition) is 2. The smallest absolute Gasteiger partial charge is 0.191 e. The Morgan fingerprint density at radius 1 is 1.29 bits per heavy atom. The van der Waals surface area contributed by atoms with Crippen molar-refractivity contribution in [2.75, 3.05) is 33.4 Å². The Morgan fingerprint density at radius 2 is 2.00 bits per heavy atom. The highest BCUT2D eigenvalue weighted by atomic mass is 35.5. The molecule has 0 bridgehead atoms. The molecule has 1 atom stereocenters. The van der Waals surface area contributed by atoms with Crippen LogP contribution in [0.25, 0.3) is 0 Å². The zero-order chi connectivity index (χ0) is 15.5. The van der Waals surface area contributed by atoms with E-state index in [-0.39, 0.29) is 6.10 Å². The molecule has 0 heterocycles. The summed E-state index contributed by atoms with van der Waals surface area (Å²) in [6.07, 6.45) is 0.0108. The maximum Gasteiger partial charge on any atom is 0.191 e. The summed E-state index contributed by atoms with van der Waals surface area (Å²) in [5.74, 6) is 1.54. The van der Waals surface area contributed by atoms with Crippen LogP contribution in [0, 0.1) is 0 Å². The van der Waals surface area contributed by atoms with Crippen molar-refractivity contribution < 1.29 is 9.47 Å². The van der Waals surface area contributed by atoms with Gasteiger partial charge in [-0.15, -0.1) is 0 Å². The lowest BCUT2D eigenvalue weighted by Gasteiger charge is -2.17. The maximum absolute atomic E-state index is 5.84. The monoisotopic (exact) mass is 313 g/mol. The Labute approximate surface area is 131 Å². The second-order valence-corrected chi connectivity index (χ2v) is 4.90. The molecule has 118 valence electrons. The molecule has 1 aromatic rings. The molecule has 1 unspecified atom stereocenters. The van der Waals surface area contributed by atoms with Crippen molar-refractivity contribution in [1.29, 1.82) is 0 Å². The average Bonchev–Trinajstić information content (AvgIpc) is 2.49. The normalized spacial score (nSPS) is 12.9. The number of guanidine groups is 1. The second kappa shape index (κ2) is 10.3. The molecule has 2 N–H and O–H groups in total. The van der Waals surface area contributed by atoms with E-state index in [1.165, 1.54) is 0 Å². The van der Waals surface area contributed by atoms with E-state index >= 15 is 0 Å². The van der Waals surface area contributed by atoms with Crippen molar-refractivity contribution in [3.05, 3.63) is 29.3 Å². The summed E-state index contributed by atoms with van der Waals surface area (Å²) in [7, 11) is 1.74. The van der Waals surface area contributed by atoms with Crippen LogP contribution in [0.5, 0.6) is 5.75 Å². The third kappa shape index (κ3) is 7.78. The standard InChI is InChI=1S/C15H24ClN3O2/c1-4-20-10-9-18-15(17-3)19-11-12(2)21-14-7-5-13(16)6-8-14/h5-8,12H,4,9-11H2,1-3H3,(H2,17,18,19). The van der Waals surface area contributed by atoms with Gasteiger partial charge in [-0.05, 0) is 38.1 Å². The van der Waals surface area contributed by atoms with E-state index in [9.17, 15) is 0 Å². The number of aliphatic imine (C=N–C) groups is 1. The van der Waals surface area contributed by atoms with Gasteiger partial charge >= 0.3 is 0 Å². The third-order valence-corrected chi connectivity index (χ3v) is 2.93. The Bertz CT molecular complexity index is 423. The number of nitrogens with one attached hydrogen (secondary N) is 2. The number of halogens is 1. The first-order valence-corrected chi connectivity index (χ1v) is 7.48. The van der Waals surface area contributed by atoms with Crippen LogP contribution in [0.4, 0.5) is 0 Å². The fraction of sp³-hybridized carbons (Fsp3) is 0.533. The lowest BCUT2D eigenvalue weighted by Crippen LogP contribution is -2.42. The summed E-state index contributed by atoms with van der Waals surface area (Å²) in [6.45, 7) is 6.72. The minimum Gasteiger partial charge on any atom is -0.489 e. The van der Waals surface area contributed by atoms with E-state index < -0.39 is 0 Å². The summed E-state index contributed by atoms with van der Waals surface area (Å²) < 4.78 is 11.0. The van der Waals surface area contributed by atoms with Crippen LogP contribution in [-0.2, 0) is 4.74 Å². The van der Waals surface area contributed by atoms with Crippen molar-refractivity contribution in [2.24, 2.45) is 4.99 Å². The van der Waals surface area contributed by atoms with Gasteiger partial charge in [0, 0.05) is 25.2 Å². The largest absolute Gasteiger partial charge is 0.489 e. The predicted molar refractivity (Wildman–Crippen MR) is 87.4 cm³/mol. The van der Waals surface area contributed by atoms with Crippen molar-refractivity contribution in [3.8, 4) is 5.75 Å². The van der Waals surface area contributed by atoms with Crippen LogP contribution in [-0.4, -0.2) is 45.4 Å². The molecule has 0 saturated heterocycles. The molecule has 0 radical (unpaired) electrons. The Hall–Kier alpha value is -1.46. The van der Waals surface area contributed by atoms with Crippen LogP contribution in [0.3, 0.4) is 0 Å². The highest BCUT2D eigenvalue weighted by Gasteiger charge is 2.05. The molecule has 0 spiro atoms. The summed E-state index contributed by atoms with van der Waals surface area (Å²) in [5.41, 5.74) is 0. The molecule has 6 heteroatoms. The molecular formula is C15H24ClN3O2. The molecule has 0 aromatic heterocycles. The van der Waals surface area contributed by atoms with E-state index in [1.54, 1.807) is 7.05 Å². The van der Waals surface area contributed by atoms with Gasteiger partial charge in [0.05, 0.1) is 13.2 Å². The second-order valence-electron chi connectivity index (χ2n) is 4.46. The number of benzene rings is 1. The van der Waals surface area contributed by atoms with Gasteiger partial charge in [-0.25, -0.2) is 0 Å². The molecule has 0 aliphatic rings. The minimum atomic E-state index is 0.0108. The van der Waals surface area contributed by atoms with Gasteiger partial charge in [0.1, 0.15) is 11.9 Å². The highest BCUT2D eigenvalue weighted by Crippen LogP contribution is 2.16. The Balaban J connectivity index is 2.27. The van der Waals surface area contributed by atoms with E-state index in [4.69, 9.17) is 21.1 Å². The minimum absolute atomic E-state index is 0.0108. The topological polar surface area (TPSA) is 54.9 Å². The van der Waals surface area contributed by atoms with Gasteiger partial charge in [0.15, 0.2) is 5.96 Å². The quantitative estimate of drug-likeness (QED) is 0.439. The van der Waals surface area contributed by atoms with Crippen LogP contribution < -0.4 is 15.4 Å². The maximum atomic E-state index is 5.84. The third-order valence-electron chi connectivity index (χ3n) is 2.67. The molecule has 0 saturated carbocycles. The van der Waals surface area contributed by atoms with Crippen LogP contribution in [0.2, 0.25) is 5.02 Å². The van der Waals surface area contributed by atoms with Crippen molar-refractivity contribution >= 4 is 17.6 Å². The molecule has 0 aliphatic carbocycles. The summed E-state index contributed by atoms with van der Waals surface area (Å²) in [5, 5.41) is 7.08. The van der Waals surface area contributed by atoms with Crippen LogP contribution >= 0.6 is 11.6 Å². The van der Waals surface area contributed by atoms with Gasteiger partial charge in [-0.3, -0.25) is 4.99 Å². The highest BCUT2D eigenvalue weighted by molar-refractivity contribution is 6.30. The fourth-order valence-electron chi connectivity index (χ4n) is 1.63. The molecular weight excluding hydrogens is 290 g/mol. The molecule has 0 aliphatic heterocycles. The zero-order valence-electron chi connectivity index (χ0n) is 12.9. The number of ether oxygens (including phenoxy) is 2. The zero-order valence-corrected chi connectivity index (χ0v) is 13.6. The number of hydrogen-bond acceptors (Lipinski definition) is 3. The average molecular weight is 314 g/mol. The van der Waals surface area contributed by atoms with Crippen molar-refractivity contribution in [2.45, 2.75) is 20.0 Å². The molecule has 5 nitrogen and oxygen atoms in total. The number of nitrogens with zero attached hydrogens (tertiary/aromatic N) is 1. The lowest BCUT2D eigenvalue weighted by molar-refractivity contribution is 0.152. The van der Waals surface area contributed by atoms with Crippen molar-refractivity contribution in [1.82, 2.24) is 10.6 Å². The SMILES string of the molecule is CCOCCNC(=NC)NCC(C)Oc1ccc(Cl)cc1. The van der Waals surface area contributed by atoms with E-state index in [0.29, 0.717) is 18.2 Å². The molecule has 1 aromatic carbocycles. The van der Waals surface area contributed by atoms with E-state index in [0.717, 1.165) is 24.9 Å². The summed E-state index contributed by atoms with van der Waals surface area (Å²) in [4.78, 5) is 4.14. The fourth-order valence-corrected chi connectivity index (χ4v) is 1.76. The van der Waals surface area contributed by atoms with E-state index in [1.807, 2.05) is 38.1 Å². The first-order chi connectivity index (χ1) is 10.2. The molecule has 21 heavy (non-hydrogen) atoms. The predicted octanol–water partition coefficient (Wildman–Crippen LogP) is 2.31. The van der Waals surface area contributed by atoms with Gasteiger partial charge in [-0.2, -0.15) is 0 Å². The number of rotatable bonds is 8. The lowest BCUT2D eigenvalue weighted by atomic mass is 10.3. The van der Waals surface area contributed by atoms with Gasteiger partial charge in [-0.1, -0.05) is 11.6 Å². The Kier molecular flexibility index (Phi) is 8.62. The van der Waals surface area contributed by atoms with Crippen LogP contribution in [0.1, 0.15) is 13.8 Å². The van der Waals surface area contributed by atoms with E-state index in [2.05, 4.69) is 15.6 Å². The first kappa shape index (κ1) is 17.6. The summed E-state index contributed by atoms with van der Waals surface area (Å²) >= 11 is 5.84. The van der Waals surface area contributed by atoms with Gasteiger partial charge < -0.3 is 20.1 Å². The van der Waals surface area contributed by atoms with Crippen molar-refractivity contribution in [3.63, 3.8) is 0 Å².